The van der Waals surface area contributed by atoms with Gasteiger partial charge in [-0.2, -0.15) is 0 Å². The highest BCUT2D eigenvalue weighted by molar-refractivity contribution is 5.27. The topological polar surface area (TPSA) is 48.4 Å². The van der Waals surface area contributed by atoms with Crippen molar-refractivity contribution in [3.63, 3.8) is 0 Å². The molecule has 2 atom stereocenters. The molecule has 0 radical (unpaired) electrons. The van der Waals surface area contributed by atoms with Crippen LogP contribution in [0.5, 0.6) is 5.75 Å². The Labute approximate surface area is 121 Å². The summed E-state index contributed by atoms with van der Waals surface area (Å²) < 4.78 is 0. The maximum absolute atomic E-state index is 9.86. The van der Waals surface area contributed by atoms with E-state index >= 15 is 0 Å². The SMILES string of the molecule is Cc1ccc(O)c(CNC2CC3CCCC(C2)N3C)n1. The van der Waals surface area contributed by atoms with Crippen LogP contribution in [-0.4, -0.2) is 40.2 Å². The summed E-state index contributed by atoms with van der Waals surface area (Å²) in [6, 6.07) is 5.61. The molecular weight excluding hydrogens is 250 g/mol. The molecule has 2 saturated heterocycles. The molecule has 4 nitrogen and oxygen atoms in total. The maximum atomic E-state index is 9.86. The van der Waals surface area contributed by atoms with E-state index in [0.717, 1.165) is 23.5 Å². The lowest BCUT2D eigenvalue weighted by atomic mass is 9.82. The van der Waals surface area contributed by atoms with Crippen molar-refractivity contribution in [1.82, 2.24) is 15.2 Å². The minimum absolute atomic E-state index is 0.302. The summed E-state index contributed by atoms with van der Waals surface area (Å²) >= 11 is 0. The molecule has 2 aliphatic rings. The zero-order chi connectivity index (χ0) is 14.1. The predicted molar refractivity (Wildman–Crippen MR) is 79.7 cm³/mol. The van der Waals surface area contributed by atoms with Gasteiger partial charge in [-0.1, -0.05) is 6.42 Å². The minimum Gasteiger partial charge on any atom is -0.506 e. The molecule has 110 valence electrons. The highest BCUT2D eigenvalue weighted by Gasteiger charge is 2.35. The van der Waals surface area contributed by atoms with Gasteiger partial charge < -0.3 is 15.3 Å². The van der Waals surface area contributed by atoms with Crippen molar-refractivity contribution in [3.8, 4) is 5.75 Å². The van der Waals surface area contributed by atoms with E-state index in [-0.39, 0.29) is 0 Å². The zero-order valence-corrected chi connectivity index (χ0v) is 12.5. The van der Waals surface area contributed by atoms with Crippen molar-refractivity contribution < 1.29 is 5.11 Å². The van der Waals surface area contributed by atoms with Gasteiger partial charge in [-0.3, -0.25) is 4.98 Å². The third-order valence-corrected chi connectivity index (χ3v) is 4.99. The Hall–Kier alpha value is -1.13. The van der Waals surface area contributed by atoms with Gasteiger partial charge in [0.25, 0.3) is 0 Å². The molecule has 3 heterocycles. The normalized spacial score (nSPS) is 30.4. The molecule has 2 aliphatic heterocycles. The standard InChI is InChI=1S/C16H25N3O/c1-11-6-7-16(20)15(18-11)10-17-12-8-13-4-3-5-14(9-12)19(13)2/h6-7,12-14,17,20H,3-5,8-10H2,1-2H3. The Bertz CT molecular complexity index is 463. The lowest BCUT2D eigenvalue weighted by molar-refractivity contribution is 0.0481. The molecule has 2 fully saturated rings. The summed E-state index contributed by atoms with van der Waals surface area (Å²) in [6.45, 7) is 2.63. The van der Waals surface area contributed by atoms with Crippen LogP contribution < -0.4 is 5.32 Å². The number of aromatic nitrogens is 1. The largest absolute Gasteiger partial charge is 0.506 e. The first-order valence-electron chi connectivity index (χ1n) is 7.74. The number of hydrogen-bond acceptors (Lipinski definition) is 4. The van der Waals surface area contributed by atoms with Crippen molar-refractivity contribution in [3.05, 3.63) is 23.5 Å². The summed E-state index contributed by atoms with van der Waals surface area (Å²) in [5, 5.41) is 13.5. The summed E-state index contributed by atoms with van der Waals surface area (Å²) in [4.78, 5) is 6.99. The second kappa shape index (κ2) is 5.70. The van der Waals surface area contributed by atoms with Gasteiger partial charge >= 0.3 is 0 Å². The second-order valence-electron chi connectivity index (χ2n) is 6.37. The molecule has 0 saturated carbocycles. The highest BCUT2D eigenvalue weighted by atomic mass is 16.3. The molecule has 2 N–H and O–H groups in total. The first-order chi connectivity index (χ1) is 9.63. The van der Waals surface area contributed by atoms with Gasteiger partial charge in [-0.15, -0.1) is 0 Å². The van der Waals surface area contributed by atoms with Crippen molar-refractivity contribution in [2.45, 2.75) is 63.7 Å². The fourth-order valence-corrected chi connectivity index (χ4v) is 3.76. The number of piperidine rings is 2. The monoisotopic (exact) mass is 275 g/mol. The second-order valence-corrected chi connectivity index (χ2v) is 6.37. The van der Waals surface area contributed by atoms with Crippen LogP contribution in [0.15, 0.2) is 12.1 Å². The molecule has 4 heteroatoms. The predicted octanol–water partition coefficient (Wildman–Crippen LogP) is 2.20. The van der Waals surface area contributed by atoms with E-state index < -0.39 is 0 Å². The number of rotatable bonds is 3. The van der Waals surface area contributed by atoms with Gasteiger partial charge in [-0.25, -0.2) is 0 Å². The van der Waals surface area contributed by atoms with E-state index in [2.05, 4.69) is 22.2 Å². The lowest BCUT2D eigenvalue weighted by Crippen LogP contribution is -2.54. The van der Waals surface area contributed by atoms with Gasteiger partial charge in [0.15, 0.2) is 0 Å². The summed E-state index contributed by atoms with van der Waals surface area (Å²) in [5.74, 6) is 0.302. The molecule has 2 unspecified atom stereocenters. The average Bonchev–Trinajstić information content (AvgIpc) is 2.40. The lowest BCUT2D eigenvalue weighted by Gasteiger charge is -2.47. The van der Waals surface area contributed by atoms with Gasteiger partial charge in [-0.05, 0) is 51.8 Å². The van der Waals surface area contributed by atoms with Crippen LogP contribution in [0.2, 0.25) is 0 Å². The fraction of sp³-hybridized carbons (Fsp3) is 0.688. The van der Waals surface area contributed by atoms with E-state index in [1.54, 1.807) is 6.07 Å². The highest BCUT2D eigenvalue weighted by Crippen LogP contribution is 2.32. The minimum atomic E-state index is 0.302. The molecular formula is C16H25N3O. The molecule has 0 spiro atoms. The summed E-state index contributed by atoms with van der Waals surface area (Å²) in [5.41, 5.74) is 1.73. The smallest absolute Gasteiger partial charge is 0.138 e. The number of pyridine rings is 1. The van der Waals surface area contributed by atoms with Crippen LogP contribution in [0.25, 0.3) is 0 Å². The Morgan fingerprint density at radius 1 is 1.30 bits per heavy atom. The van der Waals surface area contributed by atoms with Crippen LogP contribution in [-0.2, 0) is 6.54 Å². The third kappa shape index (κ3) is 2.81. The third-order valence-electron chi connectivity index (χ3n) is 4.99. The maximum Gasteiger partial charge on any atom is 0.138 e. The van der Waals surface area contributed by atoms with Crippen molar-refractivity contribution in [1.29, 1.82) is 0 Å². The number of nitrogens with one attached hydrogen (secondary N) is 1. The summed E-state index contributed by atoms with van der Waals surface area (Å²) in [6.07, 6.45) is 6.49. The molecule has 20 heavy (non-hydrogen) atoms. The van der Waals surface area contributed by atoms with Crippen LogP contribution in [0, 0.1) is 6.92 Å². The van der Waals surface area contributed by atoms with E-state index in [1.165, 1.54) is 32.1 Å². The van der Waals surface area contributed by atoms with E-state index in [1.807, 2.05) is 13.0 Å². The fourth-order valence-electron chi connectivity index (χ4n) is 3.76. The van der Waals surface area contributed by atoms with Gasteiger partial charge in [0, 0.05) is 30.4 Å². The Kier molecular flexibility index (Phi) is 3.94. The van der Waals surface area contributed by atoms with E-state index in [4.69, 9.17) is 0 Å². The van der Waals surface area contributed by atoms with Crippen molar-refractivity contribution in [2.75, 3.05) is 7.05 Å². The van der Waals surface area contributed by atoms with Gasteiger partial charge in [0.1, 0.15) is 5.75 Å². The van der Waals surface area contributed by atoms with Crippen LogP contribution in [0.4, 0.5) is 0 Å². The van der Waals surface area contributed by atoms with E-state index in [9.17, 15) is 5.11 Å². The van der Waals surface area contributed by atoms with Crippen LogP contribution in [0.3, 0.4) is 0 Å². The number of aryl methyl sites for hydroxylation is 1. The van der Waals surface area contributed by atoms with Crippen LogP contribution >= 0.6 is 0 Å². The summed E-state index contributed by atoms with van der Waals surface area (Å²) in [7, 11) is 2.28. The van der Waals surface area contributed by atoms with Crippen LogP contribution in [0.1, 0.15) is 43.5 Å². The van der Waals surface area contributed by atoms with Gasteiger partial charge in [0.05, 0.1) is 5.69 Å². The first-order valence-corrected chi connectivity index (χ1v) is 7.74. The number of hydrogen-bond donors (Lipinski definition) is 2. The number of aromatic hydroxyl groups is 1. The Morgan fingerprint density at radius 2 is 2.00 bits per heavy atom. The molecule has 2 bridgehead atoms. The van der Waals surface area contributed by atoms with Gasteiger partial charge in [0.2, 0.25) is 0 Å². The van der Waals surface area contributed by atoms with Crippen molar-refractivity contribution >= 4 is 0 Å². The molecule has 1 aromatic rings. The van der Waals surface area contributed by atoms with E-state index in [0.29, 0.717) is 18.3 Å². The molecule has 0 aliphatic carbocycles. The molecule has 0 amide bonds. The number of fused-ring (bicyclic) bond motifs is 2. The first kappa shape index (κ1) is 13.8. The quantitative estimate of drug-likeness (QED) is 0.888. The van der Waals surface area contributed by atoms with Crippen molar-refractivity contribution in [2.24, 2.45) is 0 Å². The number of nitrogens with zero attached hydrogens (tertiary/aromatic N) is 2. The Morgan fingerprint density at radius 3 is 2.70 bits per heavy atom. The molecule has 1 aromatic heterocycles. The molecule has 3 rings (SSSR count). The zero-order valence-electron chi connectivity index (χ0n) is 12.5. The Balaban J connectivity index is 1.60. The molecule has 0 aromatic carbocycles. The average molecular weight is 275 g/mol.